The first-order chi connectivity index (χ1) is 11.9. The van der Waals surface area contributed by atoms with Crippen LogP contribution in [0.15, 0.2) is 41.3 Å². The molecule has 0 spiro atoms. The molecule has 0 bridgehead atoms. The van der Waals surface area contributed by atoms with E-state index in [1.807, 2.05) is 13.8 Å². The van der Waals surface area contributed by atoms with E-state index in [9.17, 15) is 8.42 Å². The van der Waals surface area contributed by atoms with E-state index in [1.165, 1.54) is 6.07 Å². The van der Waals surface area contributed by atoms with Gasteiger partial charge in [0, 0.05) is 6.07 Å². The number of hydrogen-bond donors (Lipinski definition) is 1. The number of hydrogen-bond acceptors (Lipinski definition) is 5. The van der Waals surface area contributed by atoms with E-state index in [0.717, 1.165) is 5.56 Å². The molecule has 1 aliphatic rings. The highest BCUT2D eigenvalue weighted by atomic mass is 32.2. The molecule has 0 radical (unpaired) electrons. The van der Waals surface area contributed by atoms with E-state index in [-0.39, 0.29) is 10.8 Å². The number of fused-ring (bicyclic) bond motifs is 1. The van der Waals surface area contributed by atoms with Crippen LogP contribution in [-0.4, -0.2) is 28.7 Å². The Morgan fingerprint density at radius 3 is 2.44 bits per heavy atom. The second-order valence-electron chi connectivity index (χ2n) is 6.02. The van der Waals surface area contributed by atoms with Crippen LogP contribution >= 0.6 is 0 Å². The third-order valence-corrected chi connectivity index (χ3v) is 5.31. The Kier molecular flexibility index (Phi) is 4.76. The summed E-state index contributed by atoms with van der Waals surface area (Å²) in [6.45, 7) is 4.91. The van der Waals surface area contributed by atoms with Crippen LogP contribution in [0, 0.1) is 0 Å². The zero-order valence-electron chi connectivity index (χ0n) is 14.4. The van der Waals surface area contributed by atoms with E-state index >= 15 is 0 Å². The number of rotatable bonds is 5. The molecule has 3 rings (SSSR count). The Labute approximate surface area is 147 Å². The van der Waals surface area contributed by atoms with Gasteiger partial charge in [0.2, 0.25) is 0 Å². The van der Waals surface area contributed by atoms with Gasteiger partial charge in [-0.25, -0.2) is 8.42 Å². The lowest BCUT2D eigenvalue weighted by molar-refractivity contribution is 0.171. The normalized spacial score (nSPS) is 13.6. The second-order valence-corrected chi connectivity index (χ2v) is 7.70. The molecule has 0 fully saturated rings. The molecule has 25 heavy (non-hydrogen) atoms. The predicted octanol–water partition coefficient (Wildman–Crippen LogP) is 3.39. The highest BCUT2D eigenvalue weighted by molar-refractivity contribution is 7.92. The molecule has 1 aliphatic heterocycles. The summed E-state index contributed by atoms with van der Waals surface area (Å²) in [5.41, 5.74) is 1.26. The summed E-state index contributed by atoms with van der Waals surface area (Å²) in [5, 5.41) is 0. The molecule has 0 atom stereocenters. The van der Waals surface area contributed by atoms with Crippen molar-refractivity contribution in [3.8, 4) is 17.2 Å². The van der Waals surface area contributed by atoms with Crippen LogP contribution < -0.4 is 18.9 Å². The summed E-state index contributed by atoms with van der Waals surface area (Å²) in [6.07, 6.45) is 0. The van der Waals surface area contributed by atoms with Crippen LogP contribution in [-0.2, 0) is 10.0 Å². The van der Waals surface area contributed by atoms with Crippen molar-refractivity contribution in [2.24, 2.45) is 0 Å². The van der Waals surface area contributed by atoms with Crippen molar-refractivity contribution < 1.29 is 22.6 Å². The summed E-state index contributed by atoms with van der Waals surface area (Å²) < 4.78 is 44.3. The number of nitrogens with one attached hydrogen (secondary N) is 1. The Balaban J connectivity index is 1.90. The maximum atomic E-state index is 12.7. The Hall–Kier alpha value is -2.41. The largest absolute Gasteiger partial charge is 0.496 e. The lowest BCUT2D eigenvalue weighted by atomic mass is 10.0. The maximum absolute atomic E-state index is 12.7. The summed E-state index contributed by atoms with van der Waals surface area (Å²) in [7, 11) is -2.15. The molecule has 134 valence electrons. The minimum Gasteiger partial charge on any atom is -0.496 e. The van der Waals surface area contributed by atoms with Gasteiger partial charge in [0.05, 0.1) is 17.7 Å². The van der Waals surface area contributed by atoms with Crippen LogP contribution in [0.2, 0.25) is 0 Å². The quantitative estimate of drug-likeness (QED) is 0.881. The zero-order chi connectivity index (χ0) is 18.0. The van der Waals surface area contributed by atoms with E-state index in [4.69, 9.17) is 14.2 Å². The fourth-order valence-electron chi connectivity index (χ4n) is 2.65. The molecule has 0 amide bonds. The van der Waals surface area contributed by atoms with Gasteiger partial charge in [0.25, 0.3) is 10.0 Å². The molecule has 1 heterocycles. The van der Waals surface area contributed by atoms with Crippen LogP contribution in [0.1, 0.15) is 25.3 Å². The van der Waals surface area contributed by atoms with Gasteiger partial charge in [0.1, 0.15) is 19.0 Å². The van der Waals surface area contributed by atoms with Gasteiger partial charge in [0.15, 0.2) is 11.5 Å². The smallest absolute Gasteiger partial charge is 0.261 e. The highest BCUT2D eigenvalue weighted by Crippen LogP contribution is 2.34. The van der Waals surface area contributed by atoms with Gasteiger partial charge in [-0.2, -0.15) is 0 Å². The number of ether oxygens (including phenoxy) is 3. The molecule has 1 N–H and O–H groups in total. The highest BCUT2D eigenvalue weighted by Gasteiger charge is 2.19. The first kappa shape index (κ1) is 17.4. The van der Waals surface area contributed by atoms with Crippen LogP contribution in [0.3, 0.4) is 0 Å². The average Bonchev–Trinajstić information content (AvgIpc) is 2.60. The average molecular weight is 363 g/mol. The summed E-state index contributed by atoms with van der Waals surface area (Å²) >= 11 is 0. The fraction of sp³-hybridized carbons (Fsp3) is 0.333. The molecule has 0 aromatic heterocycles. The van der Waals surface area contributed by atoms with Gasteiger partial charge in [-0.3, -0.25) is 4.72 Å². The zero-order valence-corrected chi connectivity index (χ0v) is 15.2. The van der Waals surface area contributed by atoms with Gasteiger partial charge < -0.3 is 14.2 Å². The van der Waals surface area contributed by atoms with Crippen molar-refractivity contribution in [2.45, 2.75) is 24.7 Å². The van der Waals surface area contributed by atoms with Crippen LogP contribution in [0.4, 0.5) is 5.69 Å². The minimum absolute atomic E-state index is 0.138. The van der Waals surface area contributed by atoms with Gasteiger partial charge >= 0.3 is 0 Å². The van der Waals surface area contributed by atoms with Crippen molar-refractivity contribution in [3.05, 3.63) is 42.0 Å². The maximum Gasteiger partial charge on any atom is 0.261 e. The molecule has 6 nitrogen and oxygen atoms in total. The van der Waals surface area contributed by atoms with E-state index in [1.54, 1.807) is 37.4 Å². The third-order valence-electron chi connectivity index (χ3n) is 3.93. The molecule has 0 aliphatic carbocycles. The van der Waals surface area contributed by atoms with Crippen molar-refractivity contribution >= 4 is 15.7 Å². The molecular formula is C18H21NO5S. The first-order valence-electron chi connectivity index (χ1n) is 8.01. The fourth-order valence-corrected chi connectivity index (χ4v) is 3.74. The van der Waals surface area contributed by atoms with E-state index in [2.05, 4.69) is 4.72 Å². The van der Waals surface area contributed by atoms with Crippen molar-refractivity contribution in [3.63, 3.8) is 0 Å². The molecule has 0 unspecified atom stereocenters. The Morgan fingerprint density at radius 1 is 1.04 bits per heavy atom. The number of sulfonamides is 1. The monoisotopic (exact) mass is 363 g/mol. The Morgan fingerprint density at radius 2 is 1.76 bits per heavy atom. The lowest BCUT2D eigenvalue weighted by Gasteiger charge is -2.19. The van der Waals surface area contributed by atoms with E-state index < -0.39 is 10.0 Å². The summed E-state index contributed by atoms with van der Waals surface area (Å²) in [6, 6.07) is 9.82. The molecule has 0 saturated carbocycles. The van der Waals surface area contributed by atoms with Gasteiger partial charge in [-0.05, 0) is 41.8 Å². The van der Waals surface area contributed by atoms with Crippen LogP contribution in [0.5, 0.6) is 17.2 Å². The third kappa shape index (κ3) is 3.66. The Bertz CT molecular complexity index is 877. The standard InChI is InChI=1S/C18H21NO5S/c1-12(2)15-11-14(5-7-16(15)22-3)25(20,21)19-13-4-6-17-18(10-13)24-9-8-23-17/h4-7,10-12,19H,8-9H2,1-3H3. The molecule has 7 heteroatoms. The van der Waals surface area contributed by atoms with Crippen LogP contribution in [0.25, 0.3) is 0 Å². The first-order valence-corrected chi connectivity index (χ1v) is 9.49. The van der Waals surface area contributed by atoms with Crippen molar-refractivity contribution in [1.82, 2.24) is 0 Å². The number of benzene rings is 2. The summed E-state index contributed by atoms with van der Waals surface area (Å²) in [4.78, 5) is 0.187. The minimum atomic E-state index is -3.72. The van der Waals surface area contributed by atoms with Crippen molar-refractivity contribution in [2.75, 3.05) is 25.0 Å². The van der Waals surface area contributed by atoms with Crippen molar-refractivity contribution in [1.29, 1.82) is 0 Å². The SMILES string of the molecule is COc1ccc(S(=O)(=O)Nc2ccc3c(c2)OCCO3)cc1C(C)C. The van der Waals surface area contributed by atoms with Gasteiger partial charge in [-0.15, -0.1) is 0 Å². The molecule has 2 aromatic rings. The predicted molar refractivity (Wildman–Crippen MR) is 95.3 cm³/mol. The topological polar surface area (TPSA) is 73.9 Å². The molecule has 0 saturated heterocycles. The second kappa shape index (κ2) is 6.84. The molecular weight excluding hydrogens is 342 g/mol. The lowest BCUT2D eigenvalue weighted by Crippen LogP contribution is -2.17. The van der Waals surface area contributed by atoms with Gasteiger partial charge in [-0.1, -0.05) is 13.8 Å². The molecule has 2 aromatic carbocycles. The number of anilines is 1. The number of methoxy groups -OCH3 is 1. The summed E-state index contributed by atoms with van der Waals surface area (Å²) in [5.74, 6) is 1.96. The van der Waals surface area contributed by atoms with E-state index in [0.29, 0.717) is 36.1 Å².